The van der Waals surface area contributed by atoms with Gasteiger partial charge in [-0.05, 0) is 19.1 Å². The Bertz CT molecular complexity index is 245. The predicted octanol–water partition coefficient (Wildman–Crippen LogP) is 1.15. The fourth-order valence-electron chi connectivity index (χ4n) is 0.790. The minimum Gasteiger partial charge on any atom is -0.508 e. The molecule has 0 aliphatic carbocycles. The summed E-state index contributed by atoms with van der Waals surface area (Å²) in [6.07, 6.45) is -0.493. The van der Waals surface area contributed by atoms with Gasteiger partial charge in [-0.25, -0.2) is 0 Å². The smallest absolute Gasteiger partial charge is 0.123 e. The number of phenolic OH excluding ortho intramolecular Hbond substituents is 1. The highest BCUT2D eigenvalue weighted by atomic mass is 16.5. The molecule has 66 valence electrons. The molecule has 3 nitrogen and oxygen atoms in total. The van der Waals surface area contributed by atoms with E-state index >= 15 is 0 Å². The molecule has 0 aliphatic heterocycles. The van der Waals surface area contributed by atoms with Crippen molar-refractivity contribution in [3.63, 3.8) is 0 Å². The Labute approximate surface area is 71.2 Å². The molecule has 0 bridgehead atoms. The van der Waals surface area contributed by atoms with Crippen LogP contribution in [0.4, 0.5) is 0 Å². The van der Waals surface area contributed by atoms with E-state index < -0.39 is 6.10 Å². The highest BCUT2D eigenvalue weighted by molar-refractivity contribution is 5.31. The van der Waals surface area contributed by atoms with Crippen LogP contribution in [0.1, 0.15) is 6.92 Å². The monoisotopic (exact) mass is 168 g/mol. The average Bonchev–Trinajstić information content (AvgIpc) is 2.01. The van der Waals surface area contributed by atoms with Crippen molar-refractivity contribution in [3.8, 4) is 11.5 Å². The van der Waals surface area contributed by atoms with Crippen LogP contribution in [-0.4, -0.2) is 22.9 Å². The van der Waals surface area contributed by atoms with Crippen LogP contribution in [0, 0.1) is 0 Å². The maximum Gasteiger partial charge on any atom is 0.123 e. The summed E-state index contributed by atoms with van der Waals surface area (Å²) in [6, 6.07) is 6.48. The fraction of sp³-hybridized carbons (Fsp3) is 0.333. The first kappa shape index (κ1) is 8.87. The van der Waals surface area contributed by atoms with Gasteiger partial charge < -0.3 is 14.9 Å². The number of benzene rings is 1. The van der Waals surface area contributed by atoms with Crippen LogP contribution in [0.5, 0.6) is 11.5 Å². The van der Waals surface area contributed by atoms with Gasteiger partial charge in [0, 0.05) is 6.07 Å². The third-order valence-corrected chi connectivity index (χ3v) is 1.31. The first-order valence-corrected chi connectivity index (χ1v) is 3.78. The molecular formula is C9H12O3. The van der Waals surface area contributed by atoms with Gasteiger partial charge in [-0.2, -0.15) is 0 Å². The standard InChI is InChI=1S/C9H12O3/c1-7(10)6-12-9-4-2-3-8(11)5-9/h2-5,7,10-11H,6H2,1H3. The van der Waals surface area contributed by atoms with Gasteiger partial charge in [0.25, 0.3) is 0 Å². The number of ether oxygens (including phenoxy) is 1. The van der Waals surface area contributed by atoms with Crippen molar-refractivity contribution in [3.05, 3.63) is 24.3 Å². The quantitative estimate of drug-likeness (QED) is 0.711. The van der Waals surface area contributed by atoms with Crippen LogP contribution in [0.2, 0.25) is 0 Å². The Kier molecular flexibility index (Phi) is 2.94. The molecular weight excluding hydrogens is 156 g/mol. The zero-order valence-corrected chi connectivity index (χ0v) is 6.90. The first-order valence-electron chi connectivity index (χ1n) is 3.78. The number of hydrogen-bond donors (Lipinski definition) is 2. The topological polar surface area (TPSA) is 49.7 Å². The molecule has 2 N–H and O–H groups in total. The maximum absolute atomic E-state index is 9.04. The second-order valence-corrected chi connectivity index (χ2v) is 2.66. The lowest BCUT2D eigenvalue weighted by atomic mass is 10.3. The minimum atomic E-state index is -0.493. The van der Waals surface area contributed by atoms with Gasteiger partial charge in [-0.1, -0.05) is 6.07 Å². The van der Waals surface area contributed by atoms with Crippen molar-refractivity contribution < 1.29 is 14.9 Å². The van der Waals surface area contributed by atoms with Gasteiger partial charge in [0.1, 0.15) is 18.1 Å². The molecule has 1 aromatic rings. The Morgan fingerprint density at radius 3 is 2.83 bits per heavy atom. The van der Waals surface area contributed by atoms with E-state index in [1.165, 1.54) is 6.07 Å². The van der Waals surface area contributed by atoms with E-state index in [-0.39, 0.29) is 12.4 Å². The summed E-state index contributed by atoms with van der Waals surface area (Å²) in [7, 11) is 0. The molecule has 1 unspecified atom stereocenters. The van der Waals surface area contributed by atoms with E-state index in [0.717, 1.165) is 0 Å². The molecule has 0 saturated carbocycles. The van der Waals surface area contributed by atoms with Crippen molar-refractivity contribution in [2.24, 2.45) is 0 Å². The molecule has 0 amide bonds. The highest BCUT2D eigenvalue weighted by Crippen LogP contribution is 2.17. The van der Waals surface area contributed by atoms with Gasteiger partial charge in [0.05, 0.1) is 6.10 Å². The number of aromatic hydroxyl groups is 1. The maximum atomic E-state index is 9.04. The summed E-state index contributed by atoms with van der Waals surface area (Å²) >= 11 is 0. The summed E-state index contributed by atoms with van der Waals surface area (Å²) < 4.78 is 5.14. The molecule has 0 spiro atoms. The third kappa shape index (κ3) is 2.80. The van der Waals surface area contributed by atoms with Crippen LogP contribution >= 0.6 is 0 Å². The summed E-state index contributed by atoms with van der Waals surface area (Å²) in [5, 5.41) is 17.9. The summed E-state index contributed by atoms with van der Waals surface area (Å²) in [5.41, 5.74) is 0. The molecule has 0 radical (unpaired) electrons. The lowest BCUT2D eigenvalue weighted by molar-refractivity contribution is 0.122. The van der Waals surface area contributed by atoms with Crippen LogP contribution < -0.4 is 4.74 Å². The second kappa shape index (κ2) is 3.97. The summed E-state index contributed by atoms with van der Waals surface area (Å²) in [4.78, 5) is 0. The van der Waals surface area contributed by atoms with Crippen molar-refractivity contribution >= 4 is 0 Å². The van der Waals surface area contributed by atoms with Crippen LogP contribution in [0.15, 0.2) is 24.3 Å². The molecule has 1 rings (SSSR count). The molecule has 1 atom stereocenters. The number of hydrogen-bond acceptors (Lipinski definition) is 3. The van der Waals surface area contributed by atoms with Gasteiger partial charge in [-0.3, -0.25) is 0 Å². The Morgan fingerprint density at radius 2 is 2.25 bits per heavy atom. The minimum absolute atomic E-state index is 0.165. The van der Waals surface area contributed by atoms with Crippen molar-refractivity contribution in [1.82, 2.24) is 0 Å². The normalized spacial score (nSPS) is 12.5. The largest absolute Gasteiger partial charge is 0.508 e. The number of aliphatic hydroxyl groups is 1. The van der Waals surface area contributed by atoms with E-state index in [0.29, 0.717) is 5.75 Å². The molecule has 0 heterocycles. The number of aliphatic hydroxyl groups excluding tert-OH is 1. The average molecular weight is 168 g/mol. The van der Waals surface area contributed by atoms with Crippen LogP contribution in [0.25, 0.3) is 0 Å². The lowest BCUT2D eigenvalue weighted by Gasteiger charge is -2.07. The Hall–Kier alpha value is -1.22. The van der Waals surface area contributed by atoms with Gasteiger partial charge in [0.2, 0.25) is 0 Å². The molecule has 1 aromatic carbocycles. The van der Waals surface area contributed by atoms with Gasteiger partial charge >= 0.3 is 0 Å². The molecule has 3 heteroatoms. The number of rotatable bonds is 3. The molecule has 0 saturated heterocycles. The summed E-state index contributed by atoms with van der Waals surface area (Å²) in [6.45, 7) is 1.88. The molecule has 0 aromatic heterocycles. The zero-order valence-electron chi connectivity index (χ0n) is 6.90. The molecule has 0 fully saturated rings. The Balaban J connectivity index is 2.52. The van der Waals surface area contributed by atoms with Crippen molar-refractivity contribution in [1.29, 1.82) is 0 Å². The molecule has 0 aliphatic rings. The fourth-order valence-corrected chi connectivity index (χ4v) is 0.790. The van der Waals surface area contributed by atoms with Crippen molar-refractivity contribution in [2.75, 3.05) is 6.61 Å². The van der Waals surface area contributed by atoms with Crippen molar-refractivity contribution in [2.45, 2.75) is 13.0 Å². The van der Waals surface area contributed by atoms with E-state index in [9.17, 15) is 0 Å². The first-order chi connectivity index (χ1) is 5.68. The van der Waals surface area contributed by atoms with Crippen LogP contribution in [0.3, 0.4) is 0 Å². The van der Waals surface area contributed by atoms with Gasteiger partial charge in [0.15, 0.2) is 0 Å². The second-order valence-electron chi connectivity index (χ2n) is 2.66. The van der Waals surface area contributed by atoms with E-state index in [1.54, 1.807) is 25.1 Å². The highest BCUT2D eigenvalue weighted by Gasteiger charge is 1.97. The summed E-state index contributed by atoms with van der Waals surface area (Å²) in [5.74, 6) is 0.731. The number of phenols is 1. The van der Waals surface area contributed by atoms with E-state index in [2.05, 4.69) is 0 Å². The van der Waals surface area contributed by atoms with Crippen LogP contribution in [-0.2, 0) is 0 Å². The zero-order chi connectivity index (χ0) is 8.97. The lowest BCUT2D eigenvalue weighted by Crippen LogP contribution is -2.12. The van der Waals surface area contributed by atoms with Gasteiger partial charge in [-0.15, -0.1) is 0 Å². The van der Waals surface area contributed by atoms with E-state index in [1.807, 2.05) is 0 Å². The predicted molar refractivity (Wildman–Crippen MR) is 45.3 cm³/mol. The molecule has 12 heavy (non-hydrogen) atoms. The van der Waals surface area contributed by atoms with E-state index in [4.69, 9.17) is 14.9 Å². The Morgan fingerprint density at radius 1 is 1.50 bits per heavy atom. The third-order valence-electron chi connectivity index (χ3n) is 1.31. The SMILES string of the molecule is CC(O)COc1cccc(O)c1.